The molecule has 2 rings (SSSR count). The van der Waals surface area contributed by atoms with Crippen molar-refractivity contribution in [3.63, 3.8) is 0 Å². The summed E-state index contributed by atoms with van der Waals surface area (Å²) in [5.74, 6) is 1.75. The predicted molar refractivity (Wildman–Crippen MR) is 114 cm³/mol. The molecule has 0 fully saturated rings. The van der Waals surface area contributed by atoms with E-state index in [1.807, 2.05) is 25.2 Å². The molecular weight excluding hydrogens is 457 g/mol. The monoisotopic (exact) mass is 479 g/mol. The van der Waals surface area contributed by atoms with Crippen LogP contribution in [0.5, 0.6) is 5.75 Å². The van der Waals surface area contributed by atoms with Crippen LogP contribution in [-0.4, -0.2) is 38.6 Å². The molecule has 0 bridgehead atoms. The molecule has 1 N–H and O–H groups in total. The van der Waals surface area contributed by atoms with Crippen LogP contribution in [-0.2, 0) is 13.0 Å². The lowest BCUT2D eigenvalue weighted by atomic mass is 10.2. The van der Waals surface area contributed by atoms with Crippen molar-refractivity contribution in [2.24, 2.45) is 4.99 Å². The first-order valence-corrected chi connectivity index (χ1v) is 8.60. The van der Waals surface area contributed by atoms with Crippen molar-refractivity contribution in [3.05, 3.63) is 51.2 Å². The van der Waals surface area contributed by atoms with Crippen LogP contribution < -0.4 is 10.1 Å². The summed E-state index contributed by atoms with van der Waals surface area (Å²) in [7, 11) is 5.50. The van der Waals surface area contributed by atoms with Crippen LogP contribution in [0.4, 0.5) is 0 Å². The molecule has 4 nitrogen and oxygen atoms in total. The standard InChI is InChI=1S/C17H22ClN3OS.HI/c1-19-17(20-11-10-15-8-9-16(18)23-15)21(2)12-13-4-6-14(22-3)7-5-13;/h4-9H,10-12H2,1-3H3,(H,19,20);1H. The van der Waals surface area contributed by atoms with Crippen LogP contribution in [0.2, 0.25) is 4.34 Å². The summed E-state index contributed by atoms with van der Waals surface area (Å²) in [5.41, 5.74) is 1.21. The highest BCUT2D eigenvalue weighted by atomic mass is 127. The number of hydrogen-bond donors (Lipinski definition) is 1. The van der Waals surface area contributed by atoms with Crippen molar-refractivity contribution < 1.29 is 4.74 Å². The Morgan fingerprint density at radius 2 is 1.96 bits per heavy atom. The Labute approximate surface area is 169 Å². The molecule has 0 aliphatic carbocycles. The number of guanidine groups is 1. The van der Waals surface area contributed by atoms with E-state index in [9.17, 15) is 0 Å². The van der Waals surface area contributed by atoms with Gasteiger partial charge in [0.05, 0.1) is 11.4 Å². The fourth-order valence-electron chi connectivity index (χ4n) is 2.25. The first kappa shape index (κ1) is 21.1. The Morgan fingerprint density at radius 3 is 2.50 bits per heavy atom. The van der Waals surface area contributed by atoms with E-state index in [1.54, 1.807) is 25.5 Å². The fraction of sp³-hybridized carbons (Fsp3) is 0.353. The molecule has 2 aromatic rings. The van der Waals surface area contributed by atoms with Crippen molar-refractivity contribution in [2.45, 2.75) is 13.0 Å². The number of nitrogens with zero attached hydrogens (tertiary/aromatic N) is 2. The molecule has 132 valence electrons. The van der Waals surface area contributed by atoms with Gasteiger partial charge in [0.15, 0.2) is 5.96 Å². The van der Waals surface area contributed by atoms with Crippen LogP contribution in [0.3, 0.4) is 0 Å². The summed E-state index contributed by atoms with van der Waals surface area (Å²) < 4.78 is 6.02. The van der Waals surface area contributed by atoms with E-state index in [0.717, 1.165) is 35.6 Å². The van der Waals surface area contributed by atoms with Gasteiger partial charge in [-0.25, -0.2) is 0 Å². The van der Waals surface area contributed by atoms with Crippen LogP contribution in [0, 0.1) is 0 Å². The molecule has 0 radical (unpaired) electrons. The molecule has 1 aromatic carbocycles. The van der Waals surface area contributed by atoms with Gasteiger partial charge in [0.25, 0.3) is 0 Å². The van der Waals surface area contributed by atoms with Gasteiger partial charge in [-0.2, -0.15) is 0 Å². The molecule has 7 heteroatoms. The Kier molecular flexibility index (Phi) is 9.46. The molecule has 0 unspecified atom stereocenters. The highest BCUT2D eigenvalue weighted by Gasteiger charge is 2.07. The van der Waals surface area contributed by atoms with Crippen molar-refractivity contribution in [1.29, 1.82) is 0 Å². The molecular formula is C17H23ClIN3OS. The molecule has 1 heterocycles. The lowest BCUT2D eigenvalue weighted by Crippen LogP contribution is -2.39. The van der Waals surface area contributed by atoms with E-state index in [4.69, 9.17) is 16.3 Å². The number of halogens is 2. The van der Waals surface area contributed by atoms with Crippen LogP contribution >= 0.6 is 46.9 Å². The summed E-state index contributed by atoms with van der Waals surface area (Å²) in [6, 6.07) is 12.1. The van der Waals surface area contributed by atoms with E-state index in [-0.39, 0.29) is 24.0 Å². The third-order valence-corrected chi connectivity index (χ3v) is 4.73. The zero-order valence-corrected chi connectivity index (χ0v) is 18.0. The van der Waals surface area contributed by atoms with E-state index in [0.29, 0.717) is 0 Å². The largest absolute Gasteiger partial charge is 0.497 e. The van der Waals surface area contributed by atoms with Crippen LogP contribution in [0.15, 0.2) is 41.4 Å². The van der Waals surface area contributed by atoms with Gasteiger partial charge in [0, 0.05) is 32.1 Å². The second kappa shape index (κ2) is 10.8. The lowest BCUT2D eigenvalue weighted by molar-refractivity contribution is 0.414. The van der Waals surface area contributed by atoms with Crippen molar-refractivity contribution >= 4 is 52.9 Å². The highest BCUT2D eigenvalue weighted by molar-refractivity contribution is 14.0. The molecule has 0 amide bonds. The van der Waals surface area contributed by atoms with Gasteiger partial charge in [0.2, 0.25) is 0 Å². The summed E-state index contributed by atoms with van der Waals surface area (Å²) in [5, 5.41) is 3.38. The van der Waals surface area contributed by atoms with Crippen LogP contribution in [0.1, 0.15) is 10.4 Å². The number of ether oxygens (including phenoxy) is 1. The number of hydrogen-bond acceptors (Lipinski definition) is 3. The second-order valence-corrected chi connectivity index (χ2v) is 6.93. The van der Waals surface area contributed by atoms with E-state index in [2.05, 4.69) is 33.4 Å². The van der Waals surface area contributed by atoms with Crippen molar-refractivity contribution in [3.8, 4) is 5.75 Å². The lowest BCUT2D eigenvalue weighted by Gasteiger charge is -2.22. The van der Waals surface area contributed by atoms with Gasteiger partial charge in [0.1, 0.15) is 5.75 Å². The van der Waals surface area contributed by atoms with Gasteiger partial charge < -0.3 is 15.0 Å². The second-order valence-electron chi connectivity index (χ2n) is 5.13. The first-order chi connectivity index (χ1) is 11.1. The molecule has 0 saturated heterocycles. The van der Waals surface area contributed by atoms with Gasteiger partial charge in [-0.1, -0.05) is 23.7 Å². The number of aliphatic imine (C=N–C) groups is 1. The highest BCUT2D eigenvalue weighted by Crippen LogP contribution is 2.21. The number of rotatable bonds is 6. The van der Waals surface area contributed by atoms with Gasteiger partial charge in [-0.3, -0.25) is 4.99 Å². The summed E-state index contributed by atoms with van der Waals surface area (Å²) in [6.07, 6.45) is 0.937. The molecule has 0 atom stereocenters. The Bertz CT molecular complexity index is 646. The normalized spacial score (nSPS) is 10.9. The summed E-state index contributed by atoms with van der Waals surface area (Å²) in [4.78, 5) is 7.71. The molecule has 24 heavy (non-hydrogen) atoms. The predicted octanol–water partition coefficient (Wildman–Crippen LogP) is 4.28. The third-order valence-electron chi connectivity index (χ3n) is 3.44. The Morgan fingerprint density at radius 1 is 1.25 bits per heavy atom. The maximum Gasteiger partial charge on any atom is 0.193 e. The molecule has 0 spiro atoms. The summed E-state index contributed by atoms with van der Waals surface area (Å²) >= 11 is 7.57. The average molecular weight is 480 g/mol. The Hall–Kier alpha value is -0.990. The number of nitrogens with one attached hydrogen (secondary N) is 1. The van der Waals surface area contributed by atoms with E-state index < -0.39 is 0 Å². The summed E-state index contributed by atoms with van der Waals surface area (Å²) in [6.45, 7) is 1.62. The van der Waals surface area contributed by atoms with Crippen molar-refractivity contribution in [2.75, 3.05) is 27.7 Å². The Balaban J connectivity index is 0.00000288. The van der Waals surface area contributed by atoms with Gasteiger partial charge in [-0.05, 0) is 36.2 Å². The average Bonchev–Trinajstić information content (AvgIpc) is 2.97. The fourth-order valence-corrected chi connectivity index (χ4v) is 3.34. The van der Waals surface area contributed by atoms with E-state index >= 15 is 0 Å². The zero-order chi connectivity index (χ0) is 16.7. The SMILES string of the molecule is CN=C(NCCc1ccc(Cl)s1)N(C)Cc1ccc(OC)cc1.I. The number of methoxy groups -OCH3 is 1. The van der Waals surface area contributed by atoms with Gasteiger partial charge >= 0.3 is 0 Å². The minimum atomic E-state index is 0. The number of thiophene rings is 1. The maximum atomic E-state index is 5.95. The molecule has 0 aliphatic rings. The van der Waals surface area contributed by atoms with E-state index in [1.165, 1.54) is 10.4 Å². The molecule has 0 aliphatic heterocycles. The maximum absolute atomic E-state index is 5.95. The molecule has 0 saturated carbocycles. The minimum Gasteiger partial charge on any atom is -0.497 e. The minimum absolute atomic E-state index is 0. The number of benzene rings is 1. The first-order valence-electron chi connectivity index (χ1n) is 7.41. The topological polar surface area (TPSA) is 36.9 Å². The smallest absolute Gasteiger partial charge is 0.193 e. The molecule has 1 aromatic heterocycles. The zero-order valence-electron chi connectivity index (χ0n) is 14.1. The van der Waals surface area contributed by atoms with Crippen molar-refractivity contribution in [1.82, 2.24) is 10.2 Å². The van der Waals surface area contributed by atoms with Gasteiger partial charge in [-0.15, -0.1) is 35.3 Å². The van der Waals surface area contributed by atoms with Crippen LogP contribution in [0.25, 0.3) is 0 Å². The quantitative estimate of drug-likeness (QED) is 0.382. The third kappa shape index (κ3) is 6.49.